The minimum Gasteiger partial charge on any atom is -0.491 e. The first kappa shape index (κ1) is 18.0. The highest BCUT2D eigenvalue weighted by Crippen LogP contribution is 2.22. The predicted molar refractivity (Wildman–Crippen MR) is 66.5 cm³/mol. The van der Waals surface area contributed by atoms with E-state index in [0.717, 1.165) is 12.1 Å². The normalized spacial score (nSPS) is 8.71. The molecule has 1 aromatic carbocycles. The predicted octanol–water partition coefficient (Wildman–Crippen LogP) is 3.74. The van der Waals surface area contributed by atoms with E-state index in [1.807, 2.05) is 0 Å². The van der Waals surface area contributed by atoms with E-state index >= 15 is 0 Å². The molecule has 1 rings (SSSR count). The highest BCUT2D eigenvalue weighted by Gasteiger charge is 2.07. The minimum atomic E-state index is -0.638. The molecule has 0 fully saturated rings. The van der Waals surface area contributed by atoms with Gasteiger partial charge in [0, 0.05) is 24.8 Å². The fourth-order valence-corrected chi connectivity index (χ4v) is 1.01. The molecule has 0 saturated heterocycles. The van der Waals surface area contributed by atoms with E-state index in [1.54, 1.807) is 0 Å². The van der Waals surface area contributed by atoms with Crippen molar-refractivity contribution < 1.29 is 18.3 Å². The topological polar surface area (TPSA) is 18.5 Å². The van der Waals surface area contributed by atoms with Gasteiger partial charge in [0.25, 0.3) is 0 Å². The van der Waals surface area contributed by atoms with Crippen molar-refractivity contribution in [2.75, 3.05) is 20.3 Å². The Balaban J connectivity index is 0. The molecule has 0 radical (unpaired) electrons. The van der Waals surface area contributed by atoms with Gasteiger partial charge < -0.3 is 9.47 Å². The summed E-state index contributed by atoms with van der Waals surface area (Å²) < 4.78 is 35.6. The summed E-state index contributed by atoms with van der Waals surface area (Å²) in [5.74, 6) is -1.02. The SMILES string of the molecule is C.C=C.COCCOc1cc(F)cc(F)c1C. The number of halogens is 2. The van der Waals surface area contributed by atoms with Crippen molar-refractivity contribution in [2.45, 2.75) is 14.4 Å². The van der Waals surface area contributed by atoms with Crippen molar-refractivity contribution in [1.82, 2.24) is 0 Å². The van der Waals surface area contributed by atoms with Crippen LogP contribution in [0.15, 0.2) is 25.3 Å². The second kappa shape index (κ2) is 9.78. The molecule has 17 heavy (non-hydrogen) atoms. The Morgan fingerprint density at radius 3 is 2.29 bits per heavy atom. The Labute approximate surface area is 102 Å². The average Bonchev–Trinajstić information content (AvgIpc) is 2.28. The van der Waals surface area contributed by atoms with Gasteiger partial charge in [-0.3, -0.25) is 0 Å². The van der Waals surface area contributed by atoms with Crippen LogP contribution in [0, 0.1) is 18.6 Å². The third-order valence-electron chi connectivity index (χ3n) is 1.81. The largest absolute Gasteiger partial charge is 0.491 e. The Morgan fingerprint density at radius 1 is 1.18 bits per heavy atom. The molecule has 0 atom stereocenters. The Morgan fingerprint density at radius 2 is 1.76 bits per heavy atom. The third-order valence-corrected chi connectivity index (χ3v) is 1.81. The van der Waals surface area contributed by atoms with Crippen LogP contribution >= 0.6 is 0 Å². The smallest absolute Gasteiger partial charge is 0.132 e. The second-order valence-electron chi connectivity index (χ2n) is 2.85. The zero-order chi connectivity index (χ0) is 12.6. The molecule has 0 spiro atoms. The zero-order valence-electron chi connectivity index (χ0n) is 9.56. The van der Waals surface area contributed by atoms with Crippen LogP contribution in [0.2, 0.25) is 0 Å². The molecule has 0 aromatic heterocycles. The van der Waals surface area contributed by atoms with E-state index in [4.69, 9.17) is 9.47 Å². The number of benzene rings is 1. The fraction of sp³-hybridized carbons (Fsp3) is 0.385. The summed E-state index contributed by atoms with van der Waals surface area (Å²) >= 11 is 0. The molecule has 98 valence electrons. The maximum Gasteiger partial charge on any atom is 0.132 e. The molecule has 0 aliphatic carbocycles. The first-order valence-electron chi connectivity index (χ1n) is 4.72. The van der Waals surface area contributed by atoms with Gasteiger partial charge in [-0.1, -0.05) is 7.43 Å². The van der Waals surface area contributed by atoms with Crippen molar-refractivity contribution in [1.29, 1.82) is 0 Å². The molecule has 1 aromatic rings. The molecule has 0 amide bonds. The van der Waals surface area contributed by atoms with Crippen molar-refractivity contribution in [3.63, 3.8) is 0 Å². The van der Waals surface area contributed by atoms with Crippen LogP contribution in [0.1, 0.15) is 13.0 Å². The van der Waals surface area contributed by atoms with E-state index in [2.05, 4.69) is 13.2 Å². The fourth-order valence-electron chi connectivity index (χ4n) is 1.01. The summed E-state index contributed by atoms with van der Waals surface area (Å²) in [6.45, 7) is 8.20. The number of rotatable bonds is 4. The van der Waals surface area contributed by atoms with Gasteiger partial charge in [0.1, 0.15) is 24.0 Å². The van der Waals surface area contributed by atoms with E-state index in [0.29, 0.717) is 12.2 Å². The molecule has 0 heterocycles. The molecule has 0 unspecified atom stereocenters. The van der Waals surface area contributed by atoms with Crippen LogP contribution in [0.3, 0.4) is 0 Å². The number of hydrogen-bond acceptors (Lipinski definition) is 2. The summed E-state index contributed by atoms with van der Waals surface area (Å²) in [6, 6.07) is 1.99. The van der Waals surface area contributed by atoms with Crippen molar-refractivity contribution in [3.05, 3.63) is 42.5 Å². The van der Waals surface area contributed by atoms with Crippen LogP contribution in [0.4, 0.5) is 8.78 Å². The van der Waals surface area contributed by atoms with E-state index in [9.17, 15) is 8.78 Å². The maximum atomic E-state index is 13.0. The molecular formula is C13H20F2O2. The van der Waals surface area contributed by atoms with Gasteiger partial charge in [0.2, 0.25) is 0 Å². The molecule has 0 saturated carbocycles. The lowest BCUT2D eigenvalue weighted by atomic mass is 10.2. The molecule has 2 nitrogen and oxygen atoms in total. The van der Waals surface area contributed by atoms with Crippen molar-refractivity contribution in [2.24, 2.45) is 0 Å². The summed E-state index contributed by atoms with van der Waals surface area (Å²) in [6.07, 6.45) is 0. The first-order valence-corrected chi connectivity index (χ1v) is 4.72. The lowest BCUT2D eigenvalue weighted by molar-refractivity contribution is 0.145. The lowest BCUT2D eigenvalue weighted by Gasteiger charge is -2.09. The van der Waals surface area contributed by atoms with E-state index in [1.165, 1.54) is 14.0 Å². The number of hydrogen-bond donors (Lipinski definition) is 0. The summed E-state index contributed by atoms with van der Waals surface area (Å²) in [5, 5.41) is 0. The summed E-state index contributed by atoms with van der Waals surface area (Å²) in [7, 11) is 1.53. The van der Waals surface area contributed by atoms with Gasteiger partial charge in [-0.05, 0) is 6.92 Å². The van der Waals surface area contributed by atoms with E-state index < -0.39 is 11.6 Å². The monoisotopic (exact) mass is 246 g/mol. The van der Waals surface area contributed by atoms with Gasteiger partial charge >= 0.3 is 0 Å². The molecule has 0 aliphatic rings. The van der Waals surface area contributed by atoms with E-state index in [-0.39, 0.29) is 19.8 Å². The molecule has 4 heteroatoms. The maximum absolute atomic E-state index is 13.0. The summed E-state index contributed by atoms with van der Waals surface area (Å²) in [4.78, 5) is 0. The van der Waals surface area contributed by atoms with Gasteiger partial charge in [-0.15, -0.1) is 13.2 Å². The standard InChI is InChI=1S/C10H12F2O2.C2H4.CH4/c1-7-9(12)5-8(11)6-10(7)14-4-3-13-2;1-2;/h5-6H,3-4H2,1-2H3;1-2H2;1H4. The minimum absolute atomic E-state index is 0. The van der Waals surface area contributed by atoms with Crippen molar-refractivity contribution >= 4 is 0 Å². The zero-order valence-corrected chi connectivity index (χ0v) is 9.56. The lowest BCUT2D eigenvalue weighted by Crippen LogP contribution is -2.06. The van der Waals surface area contributed by atoms with Crippen LogP contribution in [0.5, 0.6) is 5.75 Å². The molecule has 0 N–H and O–H groups in total. The second-order valence-corrected chi connectivity index (χ2v) is 2.85. The van der Waals surface area contributed by atoms with Gasteiger partial charge in [-0.25, -0.2) is 8.78 Å². The Hall–Kier alpha value is -1.42. The van der Waals surface area contributed by atoms with Gasteiger partial charge in [-0.2, -0.15) is 0 Å². The van der Waals surface area contributed by atoms with Crippen LogP contribution in [0.25, 0.3) is 0 Å². The van der Waals surface area contributed by atoms with Crippen LogP contribution in [-0.2, 0) is 4.74 Å². The number of methoxy groups -OCH3 is 1. The number of ether oxygens (including phenoxy) is 2. The highest BCUT2D eigenvalue weighted by atomic mass is 19.1. The Kier molecular flexibility index (Phi) is 10.3. The molecule has 0 bridgehead atoms. The van der Waals surface area contributed by atoms with Crippen molar-refractivity contribution in [3.8, 4) is 5.75 Å². The third kappa shape index (κ3) is 6.02. The van der Waals surface area contributed by atoms with Crippen LogP contribution < -0.4 is 4.74 Å². The van der Waals surface area contributed by atoms with Crippen LogP contribution in [-0.4, -0.2) is 20.3 Å². The molecular weight excluding hydrogens is 226 g/mol. The summed E-state index contributed by atoms with van der Waals surface area (Å²) in [5.41, 5.74) is 0.308. The molecule has 0 aliphatic heterocycles. The van der Waals surface area contributed by atoms with Gasteiger partial charge in [0.05, 0.1) is 6.61 Å². The quantitative estimate of drug-likeness (QED) is 0.595. The van der Waals surface area contributed by atoms with Gasteiger partial charge in [0.15, 0.2) is 0 Å². The first-order chi connectivity index (χ1) is 7.65. The highest BCUT2D eigenvalue weighted by molar-refractivity contribution is 5.34. The Bertz CT molecular complexity index is 327. The average molecular weight is 246 g/mol.